The van der Waals surface area contributed by atoms with E-state index in [4.69, 9.17) is 39.9 Å². The van der Waals surface area contributed by atoms with Crippen LogP contribution in [-0.4, -0.2) is 83.3 Å². The molecule has 1 aliphatic carbocycles. The second kappa shape index (κ2) is 18.7. The van der Waals surface area contributed by atoms with E-state index in [1.807, 2.05) is 55.4 Å². The van der Waals surface area contributed by atoms with E-state index in [0.717, 1.165) is 181 Å². The van der Waals surface area contributed by atoms with E-state index in [0.29, 0.717) is 0 Å². The maximum absolute atomic E-state index is 5.52. The smallest absolute Gasteiger partial charge is 0.192 e. The zero-order valence-corrected chi connectivity index (χ0v) is 54.6. The number of nitrogens with zero attached hydrogens (tertiary/aromatic N) is 16. The van der Waals surface area contributed by atoms with E-state index in [1.54, 1.807) is 0 Å². The third kappa shape index (κ3) is 5.99. The van der Waals surface area contributed by atoms with Gasteiger partial charge in [0.05, 0.1) is 44.5 Å². The first-order valence-corrected chi connectivity index (χ1v) is 33.5. The highest BCUT2D eigenvalue weighted by molar-refractivity contribution is 6.23. The van der Waals surface area contributed by atoms with Crippen LogP contribution in [0.5, 0.6) is 0 Å². The minimum Gasteiger partial charge on any atom is -0.192 e. The highest BCUT2D eigenvalue weighted by atomic mass is 15.7. The molecule has 16 heterocycles. The van der Waals surface area contributed by atoms with Crippen molar-refractivity contribution in [3.05, 3.63) is 246 Å². The molecule has 16 heteroatoms. The summed E-state index contributed by atoms with van der Waals surface area (Å²) in [5.41, 5.74) is 17.3. The molecule has 13 aliphatic rings. The fraction of sp³-hybridized carbons (Fsp3) is 0.205. The molecule has 0 N–H and O–H groups in total. The first-order chi connectivity index (χ1) is 46.3. The number of allylic oxidation sites excluding steroid dienone is 2. The zero-order chi connectivity index (χ0) is 63.9. The van der Waals surface area contributed by atoms with Gasteiger partial charge in [0.1, 0.15) is 0 Å². The third-order valence-electron chi connectivity index (χ3n) is 20.0. The fourth-order valence-corrected chi connectivity index (χ4v) is 16.6. The highest BCUT2D eigenvalue weighted by Gasteiger charge is 2.72. The van der Waals surface area contributed by atoms with Crippen molar-refractivity contribution < 1.29 is 18.3 Å². The van der Waals surface area contributed by atoms with Gasteiger partial charge in [0.15, 0.2) is 0 Å². The van der Waals surface area contributed by atoms with Gasteiger partial charge in [-0.15, -0.1) is 18.3 Å². The van der Waals surface area contributed by atoms with Crippen LogP contribution in [0.2, 0.25) is 0 Å². The lowest BCUT2D eigenvalue weighted by molar-refractivity contribution is -0.791. The van der Waals surface area contributed by atoms with Crippen LogP contribution in [0, 0.1) is 27.7 Å². The van der Waals surface area contributed by atoms with Gasteiger partial charge in [0.25, 0.3) is 46.7 Å². The molecule has 94 heavy (non-hydrogen) atoms. The van der Waals surface area contributed by atoms with Crippen LogP contribution in [0.3, 0.4) is 0 Å². The summed E-state index contributed by atoms with van der Waals surface area (Å²) >= 11 is 0. The molecule has 0 saturated carbocycles. The molecule has 24 rings (SSSR count). The van der Waals surface area contributed by atoms with Gasteiger partial charge in [-0.2, -0.15) is 18.3 Å². The van der Waals surface area contributed by atoms with Gasteiger partial charge < -0.3 is 0 Å². The number of hydrogen-bond donors (Lipinski definition) is 0. The standard InChI is InChI=1S/C37H24N8.C33H18N8.4C2H6/c1-17-5-9-21-25(13-17)33-38-30-22-10-6-18(2)14-26(22)35-40-32-24-12-8-20(4)16-28(24)36-41-31-23-11-7-19(3)15-27(23)34-39-29(21)42(33)37(43(30)35,44(31)34)45(32)36;1-2-10-18-17(9-1)25-34-27-19-11-3-4-12-20(19)29-36-31-23-15-7-8-16-24(23)32-37-30-22-14-6-5-13-21(22)28-35-26(18)38(25)33(39(27)29,40(28)30)41(31)32;4*1-2/h5-16H,1-4H3;1-6,9-16H,7-8H2;4*1-2H3/q2*+2;;;;. The number of rotatable bonds is 0. The Morgan fingerprint density at radius 1 is 0.287 bits per heavy atom. The van der Waals surface area contributed by atoms with Gasteiger partial charge in [0.2, 0.25) is 45.2 Å². The van der Waals surface area contributed by atoms with Crippen molar-refractivity contribution >= 4 is 113 Å². The van der Waals surface area contributed by atoms with Crippen LogP contribution < -0.4 is 22.0 Å². The second-order valence-electron chi connectivity index (χ2n) is 24.6. The van der Waals surface area contributed by atoms with E-state index >= 15 is 0 Å². The molecular weight excluding hydrogens is 1160 g/mol. The van der Waals surface area contributed by atoms with Crippen LogP contribution in [0.25, 0.3) is 43.1 Å². The van der Waals surface area contributed by atoms with Gasteiger partial charge in [-0.05, 0) is 125 Å². The number of fused-ring (bicyclic) bond motifs is 24. The molecule has 0 saturated heterocycles. The van der Waals surface area contributed by atoms with E-state index < -0.39 is 11.8 Å². The molecule has 4 aromatic heterocycles. The molecule has 2 spiro atoms. The van der Waals surface area contributed by atoms with Crippen molar-refractivity contribution in [2.75, 3.05) is 0 Å². The summed E-state index contributed by atoms with van der Waals surface area (Å²) in [6, 6.07) is 52.2. The number of amidine groups is 8. The summed E-state index contributed by atoms with van der Waals surface area (Å²) in [5.74, 6) is 9.16. The Bertz CT molecular complexity index is 6180. The molecule has 2 atom stereocenters. The van der Waals surface area contributed by atoms with E-state index in [2.05, 4.69) is 222 Å². The zero-order valence-electron chi connectivity index (χ0n) is 54.6. The van der Waals surface area contributed by atoms with Crippen LogP contribution in [0.4, 0.5) is 23.3 Å². The molecule has 16 nitrogen and oxygen atoms in total. The molecule has 11 aromatic rings. The predicted molar refractivity (Wildman–Crippen MR) is 372 cm³/mol. The lowest BCUT2D eigenvalue weighted by Crippen LogP contribution is -2.71. The normalized spacial score (nSPS) is 19.8. The van der Waals surface area contributed by atoms with E-state index in [1.165, 1.54) is 33.4 Å². The maximum Gasteiger partial charge on any atom is 0.404 e. The van der Waals surface area contributed by atoms with Crippen LogP contribution in [0.15, 0.2) is 209 Å². The highest BCUT2D eigenvalue weighted by Crippen LogP contribution is 2.55. The molecule has 7 aromatic carbocycles. The van der Waals surface area contributed by atoms with Crippen molar-refractivity contribution in [3.63, 3.8) is 0 Å². The van der Waals surface area contributed by atoms with E-state index in [9.17, 15) is 0 Å². The quantitative estimate of drug-likeness (QED) is 0.134. The van der Waals surface area contributed by atoms with Gasteiger partial charge in [-0.1, -0.05) is 190 Å². The summed E-state index contributed by atoms with van der Waals surface area (Å²) in [4.78, 5) is 43.8. The number of aromatic nitrogens is 4. The molecule has 0 bridgehead atoms. The topological polar surface area (TPSA) is 131 Å². The average Bonchev–Trinajstić information content (AvgIpc) is 1.46. The van der Waals surface area contributed by atoms with Crippen LogP contribution >= 0.6 is 0 Å². The Morgan fingerprint density at radius 3 is 1.21 bits per heavy atom. The lowest BCUT2D eigenvalue weighted by atomic mass is 9.98. The van der Waals surface area contributed by atoms with Gasteiger partial charge in [0, 0.05) is 43.1 Å². The molecular formula is C78H66N16+4. The maximum atomic E-state index is 5.52. The van der Waals surface area contributed by atoms with Crippen LogP contribution in [0.1, 0.15) is 124 Å². The van der Waals surface area contributed by atoms with Crippen molar-refractivity contribution in [1.29, 1.82) is 0 Å². The van der Waals surface area contributed by atoms with Crippen molar-refractivity contribution in [3.8, 4) is 0 Å². The summed E-state index contributed by atoms with van der Waals surface area (Å²) < 4.78 is 18.9. The van der Waals surface area contributed by atoms with Crippen molar-refractivity contribution in [2.24, 2.45) is 39.9 Å². The summed E-state index contributed by atoms with van der Waals surface area (Å²) in [7, 11) is 0. The van der Waals surface area contributed by atoms with Gasteiger partial charge in [-0.25, -0.2) is 0 Å². The minimum atomic E-state index is -0.947. The number of hydrogen-bond acceptors (Lipinski definition) is 8. The average molecular weight is 1230 g/mol. The molecule has 0 amide bonds. The Balaban J connectivity index is 0.000000121. The summed E-state index contributed by atoms with van der Waals surface area (Å²) in [6.07, 6.45) is 6.67. The summed E-state index contributed by atoms with van der Waals surface area (Å²) in [6.45, 7) is 24.6. The second-order valence-corrected chi connectivity index (χ2v) is 24.6. The third-order valence-corrected chi connectivity index (χ3v) is 20.0. The number of aryl methyl sites for hydroxylation is 4. The van der Waals surface area contributed by atoms with Crippen LogP contribution in [-0.2, 0) is 11.8 Å². The Morgan fingerprint density at radius 2 is 0.638 bits per heavy atom. The van der Waals surface area contributed by atoms with E-state index in [-0.39, 0.29) is 0 Å². The van der Waals surface area contributed by atoms with Crippen molar-refractivity contribution in [1.82, 2.24) is 18.3 Å². The Hall–Kier alpha value is -11.3. The molecule has 0 radical (unpaired) electrons. The minimum absolute atomic E-state index is 0.895. The first-order valence-electron chi connectivity index (χ1n) is 33.5. The monoisotopic (exact) mass is 1230 g/mol. The van der Waals surface area contributed by atoms with Gasteiger partial charge >= 0.3 is 11.8 Å². The fourth-order valence-electron chi connectivity index (χ4n) is 16.6. The van der Waals surface area contributed by atoms with Crippen molar-refractivity contribution in [2.45, 2.75) is 108 Å². The number of benzene rings is 7. The van der Waals surface area contributed by atoms with Gasteiger partial charge in [-0.3, -0.25) is 0 Å². The molecule has 12 aliphatic heterocycles. The Labute approximate surface area is 541 Å². The molecule has 0 fully saturated rings. The number of aliphatic imine (C=N–C) groups is 4. The summed E-state index contributed by atoms with van der Waals surface area (Å²) in [5, 5.41) is 8.79. The Kier molecular flexibility index (Phi) is 10.8. The molecule has 2 unspecified atom stereocenters. The predicted octanol–water partition coefficient (Wildman–Crippen LogP) is 13.0. The largest absolute Gasteiger partial charge is 0.404 e. The molecule has 454 valence electrons. The first kappa shape index (κ1) is 54.5. The SMILES string of the molecule is C1=C2C(=CCC1)C1=[N+]3C2=Nc2c4ccccc4c4n2C32n3c(c5ccccc5c3=NC3=[N+]2C(=N4)c2ccccc23)=N1.CC.CC.CC.CC.Cc1ccc2c(c1)C1=Nc3c4ccc(C)cc4c4n3C35n6c(c7ccc(C)cc7c6=NC2=[N+]13)=NC1=[N+]5C(=N4)c2ccc(C)cc21. The lowest BCUT2D eigenvalue weighted by Gasteiger charge is -2.40.